The third-order valence-electron chi connectivity index (χ3n) is 5.67. The van der Waals surface area contributed by atoms with Gasteiger partial charge in [-0.3, -0.25) is 4.79 Å². The molecule has 1 fully saturated rings. The minimum absolute atomic E-state index is 0.0699. The molecule has 2 aromatic rings. The molecule has 1 unspecified atom stereocenters. The van der Waals surface area contributed by atoms with E-state index >= 15 is 0 Å². The highest BCUT2D eigenvalue weighted by Gasteiger charge is 2.31. The molecule has 4 rings (SSSR count). The van der Waals surface area contributed by atoms with E-state index in [4.69, 9.17) is 10.5 Å². The van der Waals surface area contributed by atoms with Crippen molar-refractivity contribution < 1.29 is 9.53 Å². The van der Waals surface area contributed by atoms with Crippen molar-refractivity contribution in [2.75, 3.05) is 26.2 Å². The predicted octanol–water partition coefficient (Wildman–Crippen LogP) is 4.13. The van der Waals surface area contributed by atoms with Gasteiger partial charge in [-0.25, -0.2) is 0 Å². The molecule has 158 valence electrons. The molecular weight excluding hydrogens is 394 g/mol. The zero-order valence-electron chi connectivity index (χ0n) is 17.2. The third-order valence-corrected chi connectivity index (χ3v) is 6.82. The van der Waals surface area contributed by atoms with Crippen LogP contribution in [0.2, 0.25) is 0 Å². The maximum atomic E-state index is 12.0. The zero-order valence-corrected chi connectivity index (χ0v) is 18.0. The summed E-state index contributed by atoms with van der Waals surface area (Å²) in [6.07, 6.45) is 3.85. The summed E-state index contributed by atoms with van der Waals surface area (Å²) < 4.78 is 5.91. The van der Waals surface area contributed by atoms with Crippen molar-refractivity contribution in [1.29, 1.82) is 0 Å². The molecule has 6 heteroatoms. The molecule has 1 saturated heterocycles. The number of likely N-dealkylation sites (tertiary alicyclic amines) is 1. The normalized spacial score (nSPS) is 19.5. The van der Waals surface area contributed by atoms with E-state index in [1.807, 2.05) is 35.7 Å². The van der Waals surface area contributed by atoms with Crippen LogP contribution < -0.4 is 10.5 Å². The predicted molar refractivity (Wildman–Crippen MR) is 122 cm³/mol. The lowest BCUT2D eigenvalue weighted by atomic mass is 10.1. The molecule has 2 aromatic carbocycles. The van der Waals surface area contributed by atoms with Crippen LogP contribution in [0.15, 0.2) is 65.7 Å². The van der Waals surface area contributed by atoms with Crippen LogP contribution in [0.5, 0.6) is 5.75 Å². The van der Waals surface area contributed by atoms with Gasteiger partial charge in [0.2, 0.25) is 0 Å². The van der Waals surface area contributed by atoms with Gasteiger partial charge in [0.25, 0.3) is 5.91 Å². The summed E-state index contributed by atoms with van der Waals surface area (Å²) in [6, 6.07) is 18.3. The van der Waals surface area contributed by atoms with Crippen LogP contribution in [-0.4, -0.2) is 41.9 Å². The number of rotatable bonds is 8. The molecule has 5 nitrogen and oxygen atoms in total. The number of amides is 1. The number of carbonyl (C=O) groups excluding carboxylic acids is 1. The second-order valence-electron chi connectivity index (χ2n) is 7.79. The maximum Gasteiger partial charge on any atom is 0.265 e. The fourth-order valence-corrected chi connectivity index (χ4v) is 5.18. The summed E-state index contributed by atoms with van der Waals surface area (Å²) in [4.78, 5) is 16.6. The van der Waals surface area contributed by atoms with Gasteiger partial charge in [-0.1, -0.05) is 48.9 Å². The molecular formula is C24H29N3O2S. The van der Waals surface area contributed by atoms with Crippen molar-refractivity contribution in [2.24, 2.45) is 5.73 Å². The van der Waals surface area contributed by atoms with Crippen LogP contribution in [0.3, 0.4) is 0 Å². The number of primary amides is 1. The molecule has 0 radical (unpaired) electrons. The van der Waals surface area contributed by atoms with Crippen molar-refractivity contribution in [2.45, 2.75) is 31.2 Å². The molecule has 2 aliphatic heterocycles. The Balaban J connectivity index is 1.39. The standard InChI is InChI=1S/C24H29N3O2S/c25-23(28)22-18-30-24(27(22)16-15-26-13-5-2-6-14-26)20-9-11-21(12-10-20)29-17-19-7-3-1-4-8-19/h1,3-4,7-12,18,24H,2,5-6,13-17H2,(H2,25,28). The van der Waals surface area contributed by atoms with Gasteiger partial charge in [0.05, 0.1) is 0 Å². The molecule has 2 aliphatic rings. The first kappa shape index (κ1) is 20.8. The van der Waals surface area contributed by atoms with Crippen LogP contribution >= 0.6 is 11.8 Å². The Morgan fingerprint density at radius 2 is 1.73 bits per heavy atom. The minimum atomic E-state index is -0.355. The van der Waals surface area contributed by atoms with Gasteiger partial charge >= 0.3 is 0 Å². The van der Waals surface area contributed by atoms with Crippen molar-refractivity contribution in [3.8, 4) is 5.75 Å². The average Bonchev–Trinajstić information content (AvgIpc) is 3.22. The first-order valence-corrected chi connectivity index (χ1v) is 11.6. The van der Waals surface area contributed by atoms with Crippen LogP contribution in [0, 0.1) is 0 Å². The second kappa shape index (κ2) is 10.0. The van der Waals surface area contributed by atoms with E-state index < -0.39 is 0 Å². The summed E-state index contributed by atoms with van der Waals surface area (Å²) >= 11 is 1.65. The van der Waals surface area contributed by atoms with Crippen molar-refractivity contribution in [3.05, 3.63) is 76.8 Å². The Bertz CT molecular complexity index is 864. The molecule has 2 N–H and O–H groups in total. The van der Waals surface area contributed by atoms with E-state index in [2.05, 4.69) is 34.1 Å². The topological polar surface area (TPSA) is 58.8 Å². The van der Waals surface area contributed by atoms with Gasteiger partial charge in [0, 0.05) is 18.5 Å². The van der Waals surface area contributed by atoms with Crippen LogP contribution in [0.4, 0.5) is 0 Å². The van der Waals surface area contributed by atoms with E-state index in [0.717, 1.165) is 43.1 Å². The van der Waals surface area contributed by atoms with E-state index in [1.54, 1.807) is 11.8 Å². The lowest BCUT2D eigenvalue weighted by Crippen LogP contribution is -2.39. The summed E-state index contributed by atoms with van der Waals surface area (Å²) in [5.74, 6) is 0.486. The van der Waals surface area contributed by atoms with Gasteiger partial charge in [-0.05, 0) is 49.2 Å². The van der Waals surface area contributed by atoms with Crippen LogP contribution in [0.1, 0.15) is 35.8 Å². The summed E-state index contributed by atoms with van der Waals surface area (Å²) in [5.41, 5.74) is 8.57. The van der Waals surface area contributed by atoms with Gasteiger partial charge in [0.1, 0.15) is 23.4 Å². The lowest BCUT2D eigenvalue weighted by molar-refractivity contribution is -0.116. The van der Waals surface area contributed by atoms with Crippen molar-refractivity contribution >= 4 is 17.7 Å². The minimum Gasteiger partial charge on any atom is -0.489 e. The van der Waals surface area contributed by atoms with E-state index in [9.17, 15) is 4.79 Å². The summed E-state index contributed by atoms with van der Waals surface area (Å²) in [7, 11) is 0. The second-order valence-corrected chi connectivity index (χ2v) is 8.75. The molecule has 0 saturated carbocycles. The SMILES string of the molecule is NC(=O)C1=CSC(c2ccc(OCc3ccccc3)cc2)N1CCN1CCCCC1. The Morgan fingerprint density at radius 3 is 2.43 bits per heavy atom. The van der Waals surface area contributed by atoms with Crippen molar-refractivity contribution in [1.82, 2.24) is 9.80 Å². The largest absolute Gasteiger partial charge is 0.489 e. The van der Waals surface area contributed by atoms with Gasteiger partial charge < -0.3 is 20.3 Å². The first-order valence-electron chi connectivity index (χ1n) is 10.6. The number of piperidine rings is 1. The molecule has 1 amide bonds. The first-order chi connectivity index (χ1) is 14.7. The van der Waals surface area contributed by atoms with Crippen LogP contribution in [0.25, 0.3) is 0 Å². The van der Waals surface area contributed by atoms with E-state index in [1.165, 1.54) is 19.3 Å². The van der Waals surface area contributed by atoms with Gasteiger partial charge in [-0.2, -0.15) is 0 Å². The highest BCUT2D eigenvalue weighted by Crippen LogP contribution is 2.42. The Hall–Kier alpha value is -2.44. The smallest absolute Gasteiger partial charge is 0.265 e. The number of nitrogens with two attached hydrogens (primary N) is 1. The number of ether oxygens (including phenoxy) is 1. The molecule has 2 heterocycles. The zero-order chi connectivity index (χ0) is 20.8. The number of carbonyl (C=O) groups is 1. The molecule has 30 heavy (non-hydrogen) atoms. The average molecular weight is 424 g/mol. The molecule has 1 atom stereocenters. The summed E-state index contributed by atoms with van der Waals surface area (Å²) in [5, 5.41) is 1.98. The summed E-state index contributed by atoms with van der Waals surface area (Å²) in [6.45, 7) is 4.61. The maximum absolute atomic E-state index is 12.0. The lowest BCUT2D eigenvalue weighted by Gasteiger charge is -2.32. The van der Waals surface area contributed by atoms with Crippen molar-refractivity contribution in [3.63, 3.8) is 0 Å². The Kier molecular flexibility index (Phi) is 6.97. The highest BCUT2D eigenvalue weighted by atomic mass is 32.2. The van der Waals surface area contributed by atoms with Gasteiger partial charge in [-0.15, -0.1) is 11.8 Å². The fourth-order valence-electron chi connectivity index (χ4n) is 3.99. The Morgan fingerprint density at radius 1 is 1.00 bits per heavy atom. The number of benzene rings is 2. The molecule has 0 aliphatic carbocycles. The highest BCUT2D eigenvalue weighted by molar-refractivity contribution is 8.02. The van der Waals surface area contributed by atoms with E-state index in [-0.39, 0.29) is 11.3 Å². The molecule has 0 aromatic heterocycles. The molecule has 0 spiro atoms. The number of thioether (sulfide) groups is 1. The number of hydrogen-bond acceptors (Lipinski definition) is 5. The Labute approximate surface area is 182 Å². The monoisotopic (exact) mass is 423 g/mol. The van der Waals surface area contributed by atoms with Gasteiger partial charge in [0.15, 0.2) is 0 Å². The fraction of sp³-hybridized carbons (Fsp3) is 0.375. The van der Waals surface area contributed by atoms with Crippen LogP contribution in [-0.2, 0) is 11.4 Å². The quantitative estimate of drug-likeness (QED) is 0.692. The number of hydrogen-bond donors (Lipinski definition) is 1. The number of nitrogens with zero attached hydrogens (tertiary/aromatic N) is 2. The van der Waals surface area contributed by atoms with E-state index in [0.29, 0.717) is 12.3 Å². The molecule has 0 bridgehead atoms. The third kappa shape index (κ3) is 5.18.